The molecule has 0 radical (unpaired) electrons. The smallest absolute Gasteiger partial charge is 0.308 e. The van der Waals surface area contributed by atoms with E-state index in [1.165, 1.54) is 7.11 Å². The Balaban J connectivity index is 1.85. The Hall–Kier alpha value is -2.70. The summed E-state index contributed by atoms with van der Waals surface area (Å²) in [6.45, 7) is 8.76. The van der Waals surface area contributed by atoms with Crippen molar-refractivity contribution >= 4 is 17.3 Å². The summed E-state index contributed by atoms with van der Waals surface area (Å²) in [7, 11) is 1.29. The molecule has 0 spiro atoms. The van der Waals surface area contributed by atoms with Gasteiger partial charge in [-0.25, -0.2) is 4.39 Å². The van der Waals surface area contributed by atoms with Crippen LogP contribution < -0.4 is 4.74 Å². The molecule has 1 N–H and O–H groups in total. The number of hydrogen-bond donors (Lipinski definition) is 1. The first-order chi connectivity index (χ1) is 15.6. The third kappa shape index (κ3) is 6.21. The van der Waals surface area contributed by atoms with Crippen LogP contribution in [0, 0.1) is 5.82 Å². The molecule has 1 heterocycles. The molecule has 6 heteroatoms. The molecule has 0 aliphatic rings. The Morgan fingerprint density at radius 2 is 1.88 bits per heavy atom. The molecule has 0 unspecified atom stereocenters. The number of esters is 1. The van der Waals surface area contributed by atoms with Gasteiger partial charge >= 0.3 is 5.97 Å². The lowest BCUT2D eigenvalue weighted by Crippen LogP contribution is -2.10. The summed E-state index contributed by atoms with van der Waals surface area (Å²) in [6.07, 6.45) is -0.238. The number of hydrogen-bond acceptors (Lipinski definition) is 5. The summed E-state index contributed by atoms with van der Waals surface area (Å²) in [5, 5.41) is 10.3. The van der Waals surface area contributed by atoms with E-state index < -0.39 is 12.1 Å². The van der Waals surface area contributed by atoms with E-state index >= 15 is 0 Å². The molecule has 1 atom stereocenters. The van der Waals surface area contributed by atoms with Crippen molar-refractivity contribution in [2.24, 2.45) is 0 Å². The normalized spacial score (nSPS) is 12.5. The second-order valence-corrected chi connectivity index (χ2v) is 10.2. The van der Waals surface area contributed by atoms with Crippen molar-refractivity contribution in [3.63, 3.8) is 0 Å². The van der Waals surface area contributed by atoms with Crippen LogP contribution >= 0.6 is 11.3 Å². The van der Waals surface area contributed by atoms with Crippen LogP contribution in [0.2, 0.25) is 0 Å². The number of ether oxygens (including phenoxy) is 2. The fourth-order valence-corrected chi connectivity index (χ4v) is 4.74. The molecule has 0 saturated heterocycles. The van der Waals surface area contributed by atoms with E-state index in [1.807, 2.05) is 18.2 Å². The van der Waals surface area contributed by atoms with E-state index in [9.17, 15) is 14.3 Å². The van der Waals surface area contributed by atoms with Gasteiger partial charge in [-0.1, -0.05) is 45.9 Å². The maximum absolute atomic E-state index is 14.8. The van der Waals surface area contributed by atoms with Gasteiger partial charge in [-0.3, -0.25) is 4.79 Å². The molecule has 33 heavy (non-hydrogen) atoms. The van der Waals surface area contributed by atoms with Gasteiger partial charge in [0.25, 0.3) is 0 Å². The summed E-state index contributed by atoms with van der Waals surface area (Å²) >= 11 is 1.62. The average molecular weight is 471 g/mol. The number of thiophene rings is 1. The first-order valence-electron chi connectivity index (χ1n) is 11.0. The van der Waals surface area contributed by atoms with E-state index in [-0.39, 0.29) is 17.7 Å². The lowest BCUT2D eigenvalue weighted by atomic mass is 9.88. The van der Waals surface area contributed by atoms with Gasteiger partial charge in [0.2, 0.25) is 0 Å². The number of carbonyl (C=O) groups is 1. The van der Waals surface area contributed by atoms with E-state index in [4.69, 9.17) is 4.74 Å². The van der Waals surface area contributed by atoms with Crippen molar-refractivity contribution in [2.75, 3.05) is 7.11 Å². The van der Waals surface area contributed by atoms with Gasteiger partial charge in [-0.2, -0.15) is 0 Å². The second kappa shape index (κ2) is 10.5. The Labute approximate surface area is 199 Å². The van der Waals surface area contributed by atoms with E-state index in [1.54, 1.807) is 41.7 Å². The van der Waals surface area contributed by atoms with Crippen LogP contribution in [-0.4, -0.2) is 18.2 Å². The zero-order valence-electron chi connectivity index (χ0n) is 19.8. The van der Waals surface area contributed by atoms with E-state index in [0.29, 0.717) is 23.5 Å². The molecule has 3 aromatic rings. The van der Waals surface area contributed by atoms with Gasteiger partial charge in [0.15, 0.2) is 0 Å². The highest BCUT2D eigenvalue weighted by atomic mass is 32.1. The van der Waals surface area contributed by atoms with Crippen LogP contribution in [0.3, 0.4) is 0 Å². The first-order valence-corrected chi connectivity index (χ1v) is 11.8. The zero-order chi connectivity index (χ0) is 24.2. The molecule has 0 aliphatic carbocycles. The predicted octanol–water partition coefficient (Wildman–Crippen LogP) is 6.59. The number of aryl methyl sites for hydroxylation is 1. The number of rotatable bonds is 8. The van der Waals surface area contributed by atoms with E-state index in [2.05, 4.69) is 32.4 Å². The minimum atomic E-state index is -0.962. The zero-order valence-corrected chi connectivity index (χ0v) is 20.6. The number of methoxy groups -OCH3 is 1. The topological polar surface area (TPSA) is 55.8 Å². The quantitative estimate of drug-likeness (QED) is 0.377. The molecule has 1 aromatic heterocycles. The third-order valence-corrected chi connectivity index (χ3v) is 6.94. The highest BCUT2D eigenvalue weighted by Crippen LogP contribution is 2.41. The Bertz CT molecular complexity index is 1110. The largest absolute Gasteiger partial charge is 0.488 e. The lowest BCUT2D eigenvalue weighted by molar-refractivity contribution is -0.142. The number of benzene rings is 2. The van der Waals surface area contributed by atoms with Crippen LogP contribution in [-0.2, 0) is 28.0 Å². The molecule has 176 valence electrons. The van der Waals surface area contributed by atoms with Crippen molar-refractivity contribution < 1.29 is 23.8 Å². The fraction of sp³-hybridized carbons (Fsp3) is 0.370. The van der Waals surface area contributed by atoms with Crippen molar-refractivity contribution in [1.82, 2.24) is 0 Å². The van der Waals surface area contributed by atoms with E-state index in [0.717, 1.165) is 27.3 Å². The number of aliphatic hydroxyl groups excluding tert-OH is 1. The fourth-order valence-electron chi connectivity index (χ4n) is 3.59. The Morgan fingerprint density at radius 1 is 1.12 bits per heavy atom. The maximum atomic E-state index is 14.8. The monoisotopic (exact) mass is 470 g/mol. The van der Waals surface area contributed by atoms with Gasteiger partial charge < -0.3 is 14.6 Å². The minimum Gasteiger partial charge on any atom is -0.488 e. The number of aliphatic hydroxyl groups is 1. The van der Waals surface area contributed by atoms with Crippen molar-refractivity contribution in [1.29, 1.82) is 0 Å². The van der Waals surface area contributed by atoms with Crippen molar-refractivity contribution in [3.05, 3.63) is 75.2 Å². The van der Waals surface area contributed by atoms with Crippen LogP contribution in [0.25, 0.3) is 11.1 Å². The van der Waals surface area contributed by atoms with Gasteiger partial charge in [0.05, 0.1) is 19.6 Å². The summed E-state index contributed by atoms with van der Waals surface area (Å²) < 4.78 is 25.4. The number of carbonyl (C=O) groups excluding carboxylic acids is 1. The maximum Gasteiger partial charge on any atom is 0.308 e. The highest BCUT2D eigenvalue weighted by Gasteiger charge is 2.24. The van der Waals surface area contributed by atoms with Crippen LogP contribution in [0.15, 0.2) is 48.5 Å². The molecule has 0 amide bonds. The lowest BCUT2D eigenvalue weighted by Gasteiger charge is -2.19. The minimum absolute atomic E-state index is 0.119. The van der Waals surface area contributed by atoms with Crippen molar-refractivity contribution in [2.45, 2.75) is 58.7 Å². The molecule has 0 aliphatic heterocycles. The van der Waals surface area contributed by atoms with Crippen LogP contribution in [0.5, 0.6) is 5.75 Å². The molecular weight excluding hydrogens is 439 g/mol. The summed E-state index contributed by atoms with van der Waals surface area (Å²) in [4.78, 5) is 13.5. The summed E-state index contributed by atoms with van der Waals surface area (Å²) in [6, 6.07) is 14.4. The Kier molecular flexibility index (Phi) is 7.92. The van der Waals surface area contributed by atoms with Crippen LogP contribution in [0.1, 0.15) is 61.1 Å². The molecule has 3 rings (SSSR count). The Morgan fingerprint density at radius 3 is 2.55 bits per heavy atom. The van der Waals surface area contributed by atoms with Gasteiger partial charge in [0.1, 0.15) is 18.2 Å². The molecule has 2 aromatic carbocycles. The molecule has 4 nitrogen and oxygen atoms in total. The van der Waals surface area contributed by atoms with Gasteiger partial charge in [-0.15, -0.1) is 11.3 Å². The average Bonchev–Trinajstić information content (AvgIpc) is 3.23. The molecule has 0 bridgehead atoms. The number of halogens is 1. The van der Waals surface area contributed by atoms with Crippen LogP contribution in [0.4, 0.5) is 4.39 Å². The molecule has 0 saturated carbocycles. The van der Waals surface area contributed by atoms with Gasteiger partial charge in [-0.05, 0) is 58.9 Å². The first kappa shape index (κ1) is 24.9. The molecular formula is C27H31FO4S. The second-order valence-electron chi connectivity index (χ2n) is 9.03. The molecule has 0 fully saturated rings. The third-order valence-electron chi connectivity index (χ3n) is 5.41. The summed E-state index contributed by atoms with van der Waals surface area (Å²) in [5.41, 5.74) is 3.05. The predicted molar refractivity (Wildman–Crippen MR) is 130 cm³/mol. The van der Waals surface area contributed by atoms with Crippen molar-refractivity contribution in [3.8, 4) is 16.9 Å². The SMILES string of the molecule is CCc1ccc(F)c(-c2cc(COc3cccc([C@H](O)CC(=O)OC)c3)sc2C(C)(C)C)c1. The summed E-state index contributed by atoms with van der Waals surface area (Å²) in [5.74, 6) is -0.118. The standard InChI is InChI=1S/C27H31FO4S/c1-6-17-10-11-23(28)21(12-17)22-14-20(33-26(22)27(2,3)4)16-32-19-9-7-8-18(13-19)24(29)15-25(30)31-5/h7-14,24,29H,6,15-16H2,1-5H3/t24-/m1/s1. The highest BCUT2D eigenvalue weighted by molar-refractivity contribution is 7.12. The van der Waals surface area contributed by atoms with Gasteiger partial charge in [0, 0.05) is 15.3 Å².